The SMILES string of the molecule is c1ccc2c(c1)CCN2c1cc(Nc2ccc(N3CCCCC3)cc2)ncn1. The highest BCUT2D eigenvalue weighted by Crippen LogP contribution is 2.34. The van der Waals surface area contributed by atoms with Gasteiger partial charge < -0.3 is 15.1 Å². The summed E-state index contributed by atoms with van der Waals surface area (Å²) in [6, 6.07) is 19.2. The van der Waals surface area contributed by atoms with Crippen molar-refractivity contribution in [3.8, 4) is 0 Å². The minimum Gasteiger partial charge on any atom is -0.372 e. The zero-order valence-electron chi connectivity index (χ0n) is 16.0. The molecule has 1 fully saturated rings. The Balaban J connectivity index is 1.32. The number of piperidine rings is 1. The second-order valence-corrected chi connectivity index (χ2v) is 7.51. The number of anilines is 5. The van der Waals surface area contributed by atoms with Gasteiger partial charge in [0.05, 0.1) is 0 Å². The molecular formula is C23H25N5. The largest absolute Gasteiger partial charge is 0.372 e. The average Bonchev–Trinajstić information content (AvgIpc) is 3.19. The molecule has 5 nitrogen and oxygen atoms in total. The van der Waals surface area contributed by atoms with E-state index in [1.807, 2.05) is 6.07 Å². The first-order valence-electron chi connectivity index (χ1n) is 10.2. The second-order valence-electron chi connectivity index (χ2n) is 7.51. The fourth-order valence-electron chi connectivity index (χ4n) is 4.19. The van der Waals surface area contributed by atoms with Gasteiger partial charge in [-0.3, -0.25) is 0 Å². The number of nitrogens with zero attached hydrogens (tertiary/aromatic N) is 4. The number of benzene rings is 2. The Hall–Kier alpha value is -3.08. The number of fused-ring (bicyclic) bond motifs is 1. The molecule has 0 radical (unpaired) electrons. The van der Waals surface area contributed by atoms with Crippen molar-refractivity contribution in [2.45, 2.75) is 25.7 Å². The third kappa shape index (κ3) is 3.40. The summed E-state index contributed by atoms with van der Waals surface area (Å²) in [5.41, 5.74) is 4.98. The Bertz CT molecular complexity index is 947. The molecule has 3 heterocycles. The summed E-state index contributed by atoms with van der Waals surface area (Å²) in [7, 11) is 0. The predicted molar refractivity (Wildman–Crippen MR) is 115 cm³/mol. The van der Waals surface area contributed by atoms with E-state index in [0.717, 1.165) is 30.3 Å². The molecule has 142 valence electrons. The summed E-state index contributed by atoms with van der Waals surface area (Å²) >= 11 is 0. The monoisotopic (exact) mass is 371 g/mol. The van der Waals surface area contributed by atoms with E-state index in [9.17, 15) is 0 Å². The van der Waals surface area contributed by atoms with Crippen molar-refractivity contribution in [3.63, 3.8) is 0 Å². The number of rotatable bonds is 4. The maximum atomic E-state index is 4.51. The molecule has 2 aliphatic heterocycles. The van der Waals surface area contributed by atoms with Gasteiger partial charge in [-0.15, -0.1) is 0 Å². The molecule has 1 saturated heterocycles. The van der Waals surface area contributed by atoms with E-state index >= 15 is 0 Å². The van der Waals surface area contributed by atoms with Crippen LogP contribution in [0.25, 0.3) is 0 Å². The molecule has 1 N–H and O–H groups in total. The van der Waals surface area contributed by atoms with Gasteiger partial charge in [-0.05, 0) is 61.6 Å². The van der Waals surface area contributed by atoms with E-state index in [0.29, 0.717) is 0 Å². The first-order valence-corrected chi connectivity index (χ1v) is 10.2. The van der Waals surface area contributed by atoms with Crippen LogP contribution in [0.2, 0.25) is 0 Å². The van der Waals surface area contributed by atoms with Crippen molar-refractivity contribution in [1.29, 1.82) is 0 Å². The van der Waals surface area contributed by atoms with Crippen LogP contribution < -0.4 is 15.1 Å². The number of aromatic nitrogens is 2. The molecule has 5 heteroatoms. The molecule has 1 aromatic heterocycles. The number of nitrogens with one attached hydrogen (secondary N) is 1. The van der Waals surface area contributed by atoms with Crippen molar-refractivity contribution < 1.29 is 0 Å². The van der Waals surface area contributed by atoms with Gasteiger partial charge in [0, 0.05) is 42.8 Å². The van der Waals surface area contributed by atoms with Gasteiger partial charge in [-0.2, -0.15) is 0 Å². The lowest BCUT2D eigenvalue weighted by Gasteiger charge is -2.28. The normalized spacial score (nSPS) is 16.1. The predicted octanol–water partition coefficient (Wildman–Crippen LogP) is 4.90. The maximum Gasteiger partial charge on any atom is 0.138 e. The summed E-state index contributed by atoms with van der Waals surface area (Å²) in [5.74, 6) is 1.76. The Morgan fingerprint density at radius 1 is 0.821 bits per heavy atom. The highest BCUT2D eigenvalue weighted by molar-refractivity contribution is 5.70. The quantitative estimate of drug-likeness (QED) is 0.706. The Kier molecular flexibility index (Phi) is 4.57. The van der Waals surface area contributed by atoms with E-state index in [-0.39, 0.29) is 0 Å². The molecule has 0 saturated carbocycles. The van der Waals surface area contributed by atoms with Crippen molar-refractivity contribution in [3.05, 3.63) is 66.5 Å². The van der Waals surface area contributed by atoms with Crippen molar-refractivity contribution in [2.75, 3.05) is 34.8 Å². The number of hydrogen-bond donors (Lipinski definition) is 1. The summed E-state index contributed by atoms with van der Waals surface area (Å²) in [4.78, 5) is 13.7. The Labute approximate surface area is 166 Å². The lowest BCUT2D eigenvalue weighted by atomic mass is 10.1. The van der Waals surface area contributed by atoms with E-state index in [2.05, 4.69) is 73.6 Å². The van der Waals surface area contributed by atoms with Gasteiger partial charge in [0.2, 0.25) is 0 Å². The third-order valence-electron chi connectivity index (χ3n) is 5.68. The Morgan fingerprint density at radius 2 is 1.64 bits per heavy atom. The number of para-hydroxylation sites is 1. The summed E-state index contributed by atoms with van der Waals surface area (Å²) in [5, 5.41) is 3.43. The zero-order chi connectivity index (χ0) is 18.8. The molecule has 0 spiro atoms. The molecule has 5 rings (SSSR count). The van der Waals surface area contributed by atoms with E-state index in [4.69, 9.17) is 0 Å². The molecule has 2 aliphatic rings. The van der Waals surface area contributed by atoms with E-state index in [1.165, 1.54) is 49.3 Å². The summed E-state index contributed by atoms with van der Waals surface area (Å²) in [6.45, 7) is 3.29. The van der Waals surface area contributed by atoms with Crippen LogP contribution in [-0.4, -0.2) is 29.6 Å². The van der Waals surface area contributed by atoms with Gasteiger partial charge in [-0.25, -0.2) is 9.97 Å². The van der Waals surface area contributed by atoms with Crippen LogP contribution in [0.4, 0.5) is 28.7 Å². The average molecular weight is 371 g/mol. The topological polar surface area (TPSA) is 44.3 Å². The minimum atomic E-state index is 0.820. The van der Waals surface area contributed by atoms with Gasteiger partial charge >= 0.3 is 0 Å². The lowest BCUT2D eigenvalue weighted by Crippen LogP contribution is -2.29. The van der Waals surface area contributed by atoms with Gasteiger partial charge in [0.1, 0.15) is 18.0 Å². The standard InChI is InChI=1S/C23H25N5/c1-4-13-27(14-5-1)20-10-8-19(9-11-20)26-22-16-23(25-17-24-22)28-15-12-18-6-2-3-7-21(18)28/h2-3,6-11,16-17H,1,4-5,12-15H2,(H,24,25,26). The minimum absolute atomic E-state index is 0.820. The van der Waals surface area contributed by atoms with Gasteiger partial charge in [-0.1, -0.05) is 18.2 Å². The summed E-state index contributed by atoms with van der Waals surface area (Å²) < 4.78 is 0. The number of hydrogen-bond acceptors (Lipinski definition) is 5. The smallest absolute Gasteiger partial charge is 0.138 e. The molecule has 0 amide bonds. The highest BCUT2D eigenvalue weighted by Gasteiger charge is 2.21. The van der Waals surface area contributed by atoms with Crippen LogP contribution in [-0.2, 0) is 6.42 Å². The lowest BCUT2D eigenvalue weighted by molar-refractivity contribution is 0.578. The van der Waals surface area contributed by atoms with Crippen LogP contribution in [0, 0.1) is 0 Å². The molecule has 0 atom stereocenters. The molecule has 0 aliphatic carbocycles. The molecule has 2 aromatic carbocycles. The van der Waals surface area contributed by atoms with Crippen LogP contribution >= 0.6 is 0 Å². The fourth-order valence-corrected chi connectivity index (χ4v) is 4.19. The molecule has 3 aromatic rings. The van der Waals surface area contributed by atoms with Crippen LogP contribution in [0.5, 0.6) is 0 Å². The van der Waals surface area contributed by atoms with E-state index in [1.54, 1.807) is 6.33 Å². The zero-order valence-corrected chi connectivity index (χ0v) is 16.0. The summed E-state index contributed by atoms with van der Waals surface area (Å²) in [6.07, 6.45) is 6.64. The fraction of sp³-hybridized carbons (Fsp3) is 0.304. The molecular weight excluding hydrogens is 346 g/mol. The van der Waals surface area contributed by atoms with Crippen molar-refractivity contribution in [2.24, 2.45) is 0 Å². The maximum absolute atomic E-state index is 4.51. The first kappa shape index (κ1) is 17.0. The first-order chi connectivity index (χ1) is 13.9. The van der Waals surface area contributed by atoms with Crippen LogP contribution in [0.3, 0.4) is 0 Å². The highest BCUT2D eigenvalue weighted by atomic mass is 15.2. The van der Waals surface area contributed by atoms with Crippen molar-refractivity contribution >= 4 is 28.7 Å². The van der Waals surface area contributed by atoms with Crippen LogP contribution in [0.15, 0.2) is 60.9 Å². The molecule has 0 unspecified atom stereocenters. The molecule has 0 bridgehead atoms. The molecule has 28 heavy (non-hydrogen) atoms. The van der Waals surface area contributed by atoms with Crippen molar-refractivity contribution in [1.82, 2.24) is 9.97 Å². The third-order valence-corrected chi connectivity index (χ3v) is 5.68. The van der Waals surface area contributed by atoms with Gasteiger partial charge in [0.25, 0.3) is 0 Å². The Morgan fingerprint density at radius 3 is 2.50 bits per heavy atom. The second kappa shape index (κ2) is 7.50. The van der Waals surface area contributed by atoms with E-state index < -0.39 is 0 Å². The van der Waals surface area contributed by atoms with Crippen LogP contribution in [0.1, 0.15) is 24.8 Å². The van der Waals surface area contributed by atoms with Gasteiger partial charge in [0.15, 0.2) is 0 Å².